The monoisotopic (exact) mass is 298 g/mol. The lowest BCUT2D eigenvalue weighted by Gasteiger charge is -2.34. The first-order valence-corrected chi connectivity index (χ1v) is 8.17. The topological polar surface area (TPSA) is 69.6 Å². The summed E-state index contributed by atoms with van der Waals surface area (Å²) in [5.41, 5.74) is -0.863. The molecule has 1 rings (SSSR count). The Morgan fingerprint density at radius 2 is 1.71 bits per heavy atom. The second kappa shape index (κ2) is 8.37. The normalized spacial score (nSPS) is 16.9. The third-order valence-electron chi connectivity index (χ3n) is 4.38. The van der Waals surface area contributed by atoms with Crippen molar-refractivity contribution in [1.82, 2.24) is 10.2 Å². The second-order valence-electron chi connectivity index (χ2n) is 6.17. The zero-order valence-corrected chi connectivity index (χ0v) is 13.7. The predicted molar refractivity (Wildman–Crippen MR) is 82.8 cm³/mol. The van der Waals surface area contributed by atoms with Crippen LogP contribution in [0.25, 0.3) is 0 Å². The molecule has 0 unspecified atom stereocenters. The summed E-state index contributed by atoms with van der Waals surface area (Å²) < 4.78 is 0. The van der Waals surface area contributed by atoms with E-state index in [4.69, 9.17) is 0 Å². The van der Waals surface area contributed by atoms with Crippen LogP contribution in [0.3, 0.4) is 0 Å². The van der Waals surface area contributed by atoms with Crippen LogP contribution < -0.4 is 5.32 Å². The van der Waals surface area contributed by atoms with Gasteiger partial charge in [-0.3, -0.25) is 9.59 Å². The van der Waals surface area contributed by atoms with Crippen LogP contribution in [0.15, 0.2) is 0 Å². The quantitative estimate of drug-likeness (QED) is 0.751. The summed E-state index contributed by atoms with van der Waals surface area (Å²) in [4.78, 5) is 25.8. The van der Waals surface area contributed by atoms with Crippen LogP contribution in [0.5, 0.6) is 0 Å². The molecule has 0 aromatic carbocycles. The Labute approximate surface area is 128 Å². The highest BCUT2D eigenvalue weighted by atomic mass is 16.3. The summed E-state index contributed by atoms with van der Waals surface area (Å²) >= 11 is 0. The molecule has 2 amide bonds. The number of hydrogen-bond acceptors (Lipinski definition) is 3. The van der Waals surface area contributed by atoms with Crippen LogP contribution in [0.1, 0.15) is 58.8 Å². The van der Waals surface area contributed by atoms with Crippen molar-refractivity contribution >= 4 is 11.8 Å². The zero-order valence-electron chi connectivity index (χ0n) is 13.7. The van der Waals surface area contributed by atoms with Crippen molar-refractivity contribution in [3.8, 4) is 0 Å². The van der Waals surface area contributed by atoms with Crippen molar-refractivity contribution < 1.29 is 14.7 Å². The zero-order chi connectivity index (χ0) is 15.9. The van der Waals surface area contributed by atoms with Gasteiger partial charge < -0.3 is 15.3 Å². The van der Waals surface area contributed by atoms with Crippen LogP contribution >= 0.6 is 0 Å². The van der Waals surface area contributed by atoms with Crippen LogP contribution in [0, 0.1) is 5.92 Å². The Hall–Kier alpha value is -1.10. The van der Waals surface area contributed by atoms with Gasteiger partial charge in [0.2, 0.25) is 11.8 Å². The summed E-state index contributed by atoms with van der Waals surface area (Å²) in [7, 11) is 1.65. The largest absolute Gasteiger partial charge is 0.389 e. The van der Waals surface area contributed by atoms with Gasteiger partial charge in [0.05, 0.1) is 12.0 Å². The van der Waals surface area contributed by atoms with E-state index in [9.17, 15) is 14.7 Å². The van der Waals surface area contributed by atoms with E-state index >= 15 is 0 Å². The van der Waals surface area contributed by atoms with Crippen molar-refractivity contribution in [3.05, 3.63) is 0 Å². The summed E-state index contributed by atoms with van der Waals surface area (Å²) in [6, 6.07) is 0. The highest BCUT2D eigenvalue weighted by molar-refractivity contribution is 5.80. The van der Waals surface area contributed by atoms with Crippen molar-refractivity contribution in [2.45, 2.75) is 64.4 Å². The van der Waals surface area contributed by atoms with Crippen LogP contribution in [-0.2, 0) is 9.59 Å². The van der Waals surface area contributed by atoms with Gasteiger partial charge in [-0.05, 0) is 25.7 Å². The Morgan fingerprint density at radius 1 is 1.19 bits per heavy atom. The summed E-state index contributed by atoms with van der Waals surface area (Å²) in [5.74, 6) is 0.106. The minimum Gasteiger partial charge on any atom is -0.389 e. The van der Waals surface area contributed by atoms with Gasteiger partial charge in [-0.1, -0.05) is 26.7 Å². The second-order valence-corrected chi connectivity index (χ2v) is 6.17. The number of aliphatic hydroxyl groups is 1. The van der Waals surface area contributed by atoms with E-state index < -0.39 is 5.60 Å². The van der Waals surface area contributed by atoms with Gasteiger partial charge in [-0.15, -0.1) is 0 Å². The molecule has 0 aliphatic carbocycles. The number of carbonyl (C=O) groups is 2. The fraction of sp³-hybridized carbons (Fsp3) is 0.875. The number of rotatable bonds is 7. The molecule has 0 bridgehead atoms. The molecular formula is C16H30N2O3. The molecule has 0 aromatic rings. The third kappa shape index (κ3) is 5.30. The molecule has 122 valence electrons. The highest BCUT2D eigenvalue weighted by Crippen LogP contribution is 2.26. The summed E-state index contributed by atoms with van der Waals surface area (Å²) in [6.45, 7) is 5.29. The predicted octanol–water partition coefficient (Wildman–Crippen LogP) is 1.69. The van der Waals surface area contributed by atoms with E-state index in [1.54, 1.807) is 11.9 Å². The van der Waals surface area contributed by atoms with Gasteiger partial charge >= 0.3 is 0 Å². The van der Waals surface area contributed by atoms with Gasteiger partial charge in [0.25, 0.3) is 0 Å². The maximum atomic E-state index is 12.4. The maximum absolute atomic E-state index is 12.4. The molecule has 1 aliphatic rings. The molecule has 0 aromatic heterocycles. The molecule has 0 saturated carbocycles. The first-order valence-electron chi connectivity index (χ1n) is 8.17. The Kier molecular flexibility index (Phi) is 7.15. The Morgan fingerprint density at radius 3 is 2.14 bits per heavy atom. The lowest BCUT2D eigenvalue weighted by atomic mass is 9.88. The molecule has 1 heterocycles. The van der Waals surface area contributed by atoms with Gasteiger partial charge in [0.1, 0.15) is 0 Å². The van der Waals surface area contributed by atoms with Gasteiger partial charge in [-0.25, -0.2) is 0 Å². The number of nitrogens with zero attached hydrogens (tertiary/aromatic N) is 1. The molecule has 5 nitrogen and oxygen atoms in total. The average molecular weight is 298 g/mol. The van der Waals surface area contributed by atoms with E-state index in [1.165, 1.54) is 0 Å². The van der Waals surface area contributed by atoms with E-state index in [1.807, 2.05) is 13.8 Å². The van der Waals surface area contributed by atoms with E-state index in [0.717, 1.165) is 12.8 Å². The minimum atomic E-state index is -0.863. The molecule has 2 N–H and O–H groups in total. The highest BCUT2D eigenvalue weighted by Gasteiger charge is 2.32. The van der Waals surface area contributed by atoms with Crippen molar-refractivity contribution in [2.75, 3.05) is 20.1 Å². The van der Waals surface area contributed by atoms with E-state index in [2.05, 4.69) is 5.32 Å². The number of hydrogen-bond donors (Lipinski definition) is 2. The molecule has 21 heavy (non-hydrogen) atoms. The molecular weight excluding hydrogens is 268 g/mol. The first kappa shape index (κ1) is 18.0. The fourth-order valence-corrected chi connectivity index (χ4v) is 3.22. The lowest BCUT2D eigenvalue weighted by molar-refractivity contribution is -0.140. The van der Waals surface area contributed by atoms with E-state index in [-0.39, 0.29) is 24.2 Å². The lowest BCUT2D eigenvalue weighted by Crippen LogP contribution is -2.45. The Bertz CT molecular complexity index is 343. The molecule has 1 aliphatic heterocycles. The van der Waals surface area contributed by atoms with Crippen LogP contribution in [-0.4, -0.2) is 47.6 Å². The van der Waals surface area contributed by atoms with Crippen molar-refractivity contribution in [3.63, 3.8) is 0 Å². The molecule has 0 atom stereocenters. The van der Waals surface area contributed by atoms with Gasteiger partial charge in [0.15, 0.2) is 0 Å². The molecule has 0 spiro atoms. The number of carbonyl (C=O) groups excluding carboxylic acids is 2. The molecule has 1 fully saturated rings. The molecule has 0 radical (unpaired) electrons. The number of amides is 2. The maximum Gasteiger partial charge on any atom is 0.225 e. The van der Waals surface area contributed by atoms with Gasteiger partial charge in [-0.2, -0.15) is 0 Å². The SMILES string of the molecule is CCCC(O)(CCC)CC(=O)N1CCC(C(=O)NC)CC1. The molecule has 5 heteroatoms. The van der Waals surface area contributed by atoms with E-state index in [0.29, 0.717) is 38.8 Å². The summed E-state index contributed by atoms with van der Waals surface area (Å²) in [6.07, 6.45) is 4.73. The summed E-state index contributed by atoms with van der Waals surface area (Å²) in [5, 5.41) is 13.2. The Balaban J connectivity index is 2.51. The van der Waals surface area contributed by atoms with Crippen LogP contribution in [0.2, 0.25) is 0 Å². The average Bonchev–Trinajstić information content (AvgIpc) is 2.46. The standard InChI is InChI=1S/C16H30N2O3/c1-4-8-16(21,9-5-2)12-14(19)18-10-6-13(7-11-18)15(20)17-3/h13,21H,4-12H2,1-3H3,(H,17,20). The number of piperidine rings is 1. The number of likely N-dealkylation sites (tertiary alicyclic amines) is 1. The minimum absolute atomic E-state index is 0.0178. The third-order valence-corrected chi connectivity index (χ3v) is 4.38. The smallest absolute Gasteiger partial charge is 0.225 e. The van der Waals surface area contributed by atoms with Crippen molar-refractivity contribution in [2.24, 2.45) is 5.92 Å². The molecule has 1 saturated heterocycles. The van der Waals surface area contributed by atoms with Crippen molar-refractivity contribution in [1.29, 1.82) is 0 Å². The van der Waals surface area contributed by atoms with Crippen LogP contribution in [0.4, 0.5) is 0 Å². The first-order chi connectivity index (χ1) is 9.95. The fourth-order valence-electron chi connectivity index (χ4n) is 3.22. The number of nitrogens with one attached hydrogen (secondary N) is 1. The van der Waals surface area contributed by atoms with Gasteiger partial charge in [0, 0.05) is 26.1 Å².